The van der Waals surface area contributed by atoms with Crippen LogP contribution in [0.5, 0.6) is 0 Å². The number of aromatic nitrogens is 3. The molecule has 0 aliphatic carbocycles. The normalized spacial score (nSPS) is 11.6. The van der Waals surface area contributed by atoms with Gasteiger partial charge in [-0.15, -0.1) is 0 Å². The Bertz CT molecular complexity index is 2010. The molecular formula is C36H23N3. The van der Waals surface area contributed by atoms with Crippen molar-refractivity contribution in [3.05, 3.63) is 140 Å². The molecule has 6 aromatic carbocycles. The Labute approximate surface area is 225 Å². The third kappa shape index (κ3) is 3.44. The van der Waals surface area contributed by atoms with Crippen LogP contribution in [0.15, 0.2) is 140 Å². The lowest BCUT2D eigenvalue weighted by atomic mass is 10.00. The monoisotopic (exact) mass is 497 g/mol. The van der Waals surface area contributed by atoms with E-state index in [-0.39, 0.29) is 0 Å². The fraction of sp³-hybridized carbons (Fsp3) is 0. The average Bonchev–Trinajstić information content (AvgIpc) is 3.37. The van der Waals surface area contributed by atoms with E-state index in [0.29, 0.717) is 5.95 Å². The summed E-state index contributed by atoms with van der Waals surface area (Å²) in [4.78, 5) is 10.4. The topological polar surface area (TPSA) is 30.7 Å². The fourth-order valence-corrected chi connectivity index (χ4v) is 5.81. The van der Waals surface area contributed by atoms with Crippen LogP contribution >= 0.6 is 0 Å². The van der Waals surface area contributed by atoms with Crippen LogP contribution in [-0.2, 0) is 0 Å². The molecule has 182 valence electrons. The van der Waals surface area contributed by atoms with Gasteiger partial charge in [0.2, 0.25) is 5.95 Å². The molecule has 8 rings (SSSR count). The van der Waals surface area contributed by atoms with Crippen molar-refractivity contribution >= 4 is 43.4 Å². The summed E-state index contributed by atoms with van der Waals surface area (Å²) in [6.07, 6.45) is 0. The summed E-state index contributed by atoms with van der Waals surface area (Å²) in [7, 11) is 0. The van der Waals surface area contributed by atoms with Crippen LogP contribution in [0.2, 0.25) is 0 Å². The smallest absolute Gasteiger partial charge is 0.235 e. The third-order valence-corrected chi connectivity index (χ3v) is 7.60. The van der Waals surface area contributed by atoms with Crippen LogP contribution in [0.4, 0.5) is 0 Å². The highest BCUT2D eigenvalue weighted by Crippen LogP contribution is 2.40. The van der Waals surface area contributed by atoms with E-state index in [0.717, 1.165) is 33.5 Å². The highest BCUT2D eigenvalue weighted by Gasteiger charge is 2.20. The molecule has 3 nitrogen and oxygen atoms in total. The van der Waals surface area contributed by atoms with Crippen LogP contribution in [0.1, 0.15) is 0 Å². The van der Waals surface area contributed by atoms with E-state index < -0.39 is 0 Å². The van der Waals surface area contributed by atoms with Gasteiger partial charge in [0.05, 0.1) is 22.4 Å². The first kappa shape index (κ1) is 21.8. The largest absolute Gasteiger partial charge is 0.278 e. The Morgan fingerprint density at radius 3 is 1.33 bits per heavy atom. The number of hydrogen-bond acceptors (Lipinski definition) is 2. The predicted molar refractivity (Wildman–Crippen MR) is 162 cm³/mol. The van der Waals surface area contributed by atoms with Gasteiger partial charge in [0.1, 0.15) is 0 Å². The number of rotatable bonds is 3. The molecule has 0 saturated heterocycles. The van der Waals surface area contributed by atoms with E-state index in [1.807, 2.05) is 12.1 Å². The van der Waals surface area contributed by atoms with Crippen molar-refractivity contribution in [3.63, 3.8) is 0 Å². The summed E-state index contributed by atoms with van der Waals surface area (Å²) in [5, 5.41) is 7.38. The maximum atomic E-state index is 5.18. The zero-order valence-corrected chi connectivity index (χ0v) is 21.1. The maximum absolute atomic E-state index is 5.18. The summed E-state index contributed by atoms with van der Waals surface area (Å²) in [5.74, 6) is 0.667. The van der Waals surface area contributed by atoms with Gasteiger partial charge in [0.25, 0.3) is 0 Å². The first-order chi connectivity index (χ1) is 19.3. The van der Waals surface area contributed by atoms with Crippen molar-refractivity contribution in [1.29, 1.82) is 0 Å². The molecule has 0 amide bonds. The standard InChI is InChI=1S/C36H23N3/c1-3-13-26(14-4-1)30-23-31(27-15-5-2-6-16-27)38-36(37-30)39-32-21-19-24-11-7-9-17-28(24)34(32)35-29-18-10-8-12-25(29)20-22-33(35)39/h1-23H. The Morgan fingerprint density at radius 2 is 0.846 bits per heavy atom. The molecule has 39 heavy (non-hydrogen) atoms. The number of benzene rings is 6. The predicted octanol–water partition coefficient (Wildman–Crippen LogP) is 9.21. The molecule has 0 aliphatic heterocycles. The van der Waals surface area contributed by atoms with E-state index >= 15 is 0 Å². The summed E-state index contributed by atoms with van der Waals surface area (Å²) in [5.41, 5.74) is 6.13. The molecule has 0 unspecified atom stereocenters. The van der Waals surface area contributed by atoms with Crippen LogP contribution in [-0.4, -0.2) is 14.5 Å². The van der Waals surface area contributed by atoms with E-state index in [1.54, 1.807) is 0 Å². The zero-order valence-electron chi connectivity index (χ0n) is 21.1. The average molecular weight is 498 g/mol. The molecule has 0 N–H and O–H groups in total. The van der Waals surface area contributed by atoms with Crippen molar-refractivity contribution in [2.45, 2.75) is 0 Å². The minimum Gasteiger partial charge on any atom is -0.278 e. The van der Waals surface area contributed by atoms with Gasteiger partial charge in [-0.05, 0) is 39.7 Å². The van der Waals surface area contributed by atoms with Gasteiger partial charge in [-0.1, -0.05) is 121 Å². The summed E-state index contributed by atoms with van der Waals surface area (Å²) in [6, 6.07) is 48.9. The van der Waals surface area contributed by atoms with E-state index in [9.17, 15) is 0 Å². The summed E-state index contributed by atoms with van der Waals surface area (Å²) >= 11 is 0. The molecule has 0 atom stereocenters. The van der Waals surface area contributed by atoms with Crippen molar-refractivity contribution < 1.29 is 0 Å². The first-order valence-corrected chi connectivity index (χ1v) is 13.2. The third-order valence-electron chi connectivity index (χ3n) is 7.60. The second-order valence-corrected chi connectivity index (χ2v) is 9.87. The van der Waals surface area contributed by atoms with E-state index in [2.05, 4.69) is 132 Å². The van der Waals surface area contributed by atoms with Gasteiger partial charge in [-0.25, -0.2) is 9.97 Å². The van der Waals surface area contributed by atoms with Gasteiger partial charge in [0, 0.05) is 21.9 Å². The van der Waals surface area contributed by atoms with Crippen LogP contribution in [0, 0.1) is 0 Å². The van der Waals surface area contributed by atoms with Gasteiger partial charge >= 0.3 is 0 Å². The zero-order chi connectivity index (χ0) is 25.8. The number of nitrogens with zero attached hydrogens (tertiary/aromatic N) is 3. The quantitative estimate of drug-likeness (QED) is 0.244. The molecule has 0 bridgehead atoms. The molecule has 0 fully saturated rings. The minimum absolute atomic E-state index is 0.667. The highest BCUT2D eigenvalue weighted by molar-refractivity contribution is 6.28. The van der Waals surface area contributed by atoms with Gasteiger partial charge in [-0.3, -0.25) is 4.57 Å². The Morgan fingerprint density at radius 1 is 0.410 bits per heavy atom. The lowest BCUT2D eigenvalue weighted by molar-refractivity contribution is 0.996. The molecular weight excluding hydrogens is 474 g/mol. The van der Waals surface area contributed by atoms with Crippen molar-refractivity contribution in [1.82, 2.24) is 14.5 Å². The Balaban J connectivity index is 1.54. The maximum Gasteiger partial charge on any atom is 0.235 e. The van der Waals surface area contributed by atoms with E-state index in [4.69, 9.17) is 9.97 Å². The molecule has 0 spiro atoms. The molecule has 3 heteroatoms. The molecule has 2 aromatic heterocycles. The lowest BCUT2D eigenvalue weighted by Crippen LogP contribution is -2.04. The molecule has 8 aromatic rings. The number of fused-ring (bicyclic) bond motifs is 7. The molecule has 0 saturated carbocycles. The van der Waals surface area contributed by atoms with Crippen LogP contribution in [0.3, 0.4) is 0 Å². The molecule has 2 heterocycles. The van der Waals surface area contributed by atoms with Gasteiger partial charge in [0.15, 0.2) is 0 Å². The summed E-state index contributed by atoms with van der Waals surface area (Å²) in [6.45, 7) is 0. The Kier molecular flexibility index (Phi) is 4.82. The molecule has 0 aliphatic rings. The fourth-order valence-electron chi connectivity index (χ4n) is 5.81. The van der Waals surface area contributed by atoms with Crippen LogP contribution in [0.25, 0.3) is 71.8 Å². The van der Waals surface area contributed by atoms with Crippen molar-refractivity contribution in [2.24, 2.45) is 0 Å². The Hall–Kier alpha value is -5.28. The van der Waals surface area contributed by atoms with Gasteiger partial charge < -0.3 is 0 Å². The van der Waals surface area contributed by atoms with Crippen LogP contribution < -0.4 is 0 Å². The van der Waals surface area contributed by atoms with Gasteiger partial charge in [-0.2, -0.15) is 0 Å². The summed E-state index contributed by atoms with van der Waals surface area (Å²) < 4.78 is 2.24. The second kappa shape index (κ2) is 8.64. The second-order valence-electron chi connectivity index (χ2n) is 9.87. The number of hydrogen-bond donors (Lipinski definition) is 0. The van der Waals surface area contributed by atoms with Crippen molar-refractivity contribution in [2.75, 3.05) is 0 Å². The SMILES string of the molecule is c1ccc(-c2cc(-c3ccccc3)nc(-n3c4ccc5ccccc5c4c4c5ccccc5ccc43)n2)cc1. The highest BCUT2D eigenvalue weighted by atomic mass is 15.2. The molecule has 0 radical (unpaired) electrons. The van der Waals surface area contributed by atoms with Crippen molar-refractivity contribution in [3.8, 4) is 28.5 Å². The van der Waals surface area contributed by atoms with E-state index in [1.165, 1.54) is 32.3 Å². The minimum atomic E-state index is 0.667. The lowest BCUT2D eigenvalue weighted by Gasteiger charge is -2.12. The first-order valence-electron chi connectivity index (χ1n) is 13.2.